The number of carbonyl (C=O) groups is 2. The summed E-state index contributed by atoms with van der Waals surface area (Å²) in [4.78, 5) is 23.4. The second-order valence-electron chi connectivity index (χ2n) is 5.69. The van der Waals surface area contributed by atoms with E-state index in [1.54, 1.807) is 0 Å². The Morgan fingerprint density at radius 2 is 1.58 bits per heavy atom. The molecular weight excluding hydrogens is 248 g/mol. The molecule has 19 heavy (non-hydrogen) atoms. The average molecular weight is 268 g/mol. The van der Waals surface area contributed by atoms with Gasteiger partial charge in [0, 0.05) is 0 Å². The molecular formula is C13H20N2O4. The quantitative estimate of drug-likeness (QED) is 0.501. The van der Waals surface area contributed by atoms with Crippen LogP contribution in [-0.2, 0) is 14.3 Å². The van der Waals surface area contributed by atoms with Gasteiger partial charge < -0.3 is 14.8 Å². The van der Waals surface area contributed by atoms with Crippen molar-refractivity contribution in [1.29, 1.82) is 0 Å². The Kier molecular flexibility index (Phi) is 3.45. The van der Waals surface area contributed by atoms with Gasteiger partial charge in [-0.2, -0.15) is 0 Å². The van der Waals surface area contributed by atoms with Gasteiger partial charge in [-0.3, -0.25) is 10.1 Å². The van der Waals surface area contributed by atoms with Gasteiger partial charge >= 0.3 is 6.03 Å². The maximum absolute atomic E-state index is 12.0. The van der Waals surface area contributed by atoms with Crippen LogP contribution in [0.2, 0.25) is 0 Å². The van der Waals surface area contributed by atoms with E-state index in [2.05, 4.69) is 10.6 Å². The molecule has 0 aromatic rings. The smallest absolute Gasteiger partial charge is 0.322 e. The molecule has 2 unspecified atom stereocenters. The van der Waals surface area contributed by atoms with E-state index in [9.17, 15) is 9.59 Å². The number of hydrogen-bond acceptors (Lipinski definition) is 4. The number of ether oxygens (including phenoxy) is 2. The summed E-state index contributed by atoms with van der Waals surface area (Å²) in [6, 6.07) is -0.365. The van der Waals surface area contributed by atoms with E-state index in [0.29, 0.717) is 25.0 Å². The minimum absolute atomic E-state index is 0.175. The standard InChI is InChI=1S/C13H20N2O4/c16-11-13(15-12(17)14-11,5-1-3-9-7-18-9)6-2-4-10-8-19-10/h9-10H,1-8H2,(H2,14,15,16,17). The van der Waals surface area contributed by atoms with E-state index in [1.807, 2.05) is 0 Å². The highest BCUT2D eigenvalue weighted by atomic mass is 16.6. The van der Waals surface area contributed by atoms with Gasteiger partial charge in [0.05, 0.1) is 25.4 Å². The number of epoxide rings is 2. The molecule has 3 heterocycles. The molecule has 3 saturated heterocycles. The molecule has 0 aromatic carbocycles. The maximum Gasteiger partial charge on any atom is 0.322 e. The Labute approximate surface area is 112 Å². The summed E-state index contributed by atoms with van der Waals surface area (Å²) in [6.07, 6.45) is 5.87. The van der Waals surface area contributed by atoms with E-state index in [4.69, 9.17) is 9.47 Å². The third kappa shape index (κ3) is 3.25. The van der Waals surface area contributed by atoms with Crippen LogP contribution in [0.3, 0.4) is 0 Å². The van der Waals surface area contributed by atoms with E-state index in [-0.39, 0.29) is 11.9 Å². The topological polar surface area (TPSA) is 83.3 Å². The molecule has 0 bridgehead atoms. The van der Waals surface area contributed by atoms with Crippen LogP contribution in [0.1, 0.15) is 38.5 Å². The monoisotopic (exact) mass is 268 g/mol. The van der Waals surface area contributed by atoms with Gasteiger partial charge in [-0.15, -0.1) is 0 Å². The third-order valence-corrected chi connectivity index (χ3v) is 4.08. The molecule has 3 amide bonds. The third-order valence-electron chi connectivity index (χ3n) is 4.08. The fraction of sp³-hybridized carbons (Fsp3) is 0.846. The highest BCUT2D eigenvalue weighted by molar-refractivity contribution is 6.06. The summed E-state index contributed by atoms with van der Waals surface area (Å²) in [5.41, 5.74) is -0.707. The SMILES string of the molecule is O=C1NC(=O)C(CCCC2CO2)(CCCC2CO2)N1. The number of imide groups is 1. The van der Waals surface area contributed by atoms with Crippen molar-refractivity contribution in [3.05, 3.63) is 0 Å². The van der Waals surface area contributed by atoms with E-state index in [1.165, 1.54) is 0 Å². The van der Waals surface area contributed by atoms with Crippen LogP contribution >= 0.6 is 0 Å². The fourth-order valence-corrected chi connectivity index (χ4v) is 2.74. The summed E-state index contributed by atoms with van der Waals surface area (Å²) in [6.45, 7) is 1.68. The number of carbonyl (C=O) groups excluding carboxylic acids is 2. The van der Waals surface area contributed by atoms with Crippen molar-refractivity contribution in [2.75, 3.05) is 13.2 Å². The van der Waals surface area contributed by atoms with Gasteiger partial charge in [-0.05, 0) is 38.5 Å². The van der Waals surface area contributed by atoms with Crippen molar-refractivity contribution in [3.63, 3.8) is 0 Å². The van der Waals surface area contributed by atoms with Crippen LogP contribution in [0.4, 0.5) is 4.79 Å². The number of urea groups is 1. The number of hydrogen-bond donors (Lipinski definition) is 2. The van der Waals surface area contributed by atoms with Gasteiger partial charge in [-0.1, -0.05) is 0 Å². The molecule has 106 valence electrons. The highest BCUT2D eigenvalue weighted by Gasteiger charge is 2.45. The molecule has 0 aliphatic carbocycles. The van der Waals surface area contributed by atoms with E-state index < -0.39 is 5.54 Å². The van der Waals surface area contributed by atoms with Gasteiger partial charge in [0.25, 0.3) is 5.91 Å². The van der Waals surface area contributed by atoms with Crippen molar-refractivity contribution in [2.45, 2.75) is 56.3 Å². The normalized spacial score (nSPS) is 36.0. The van der Waals surface area contributed by atoms with Gasteiger partial charge in [0.1, 0.15) is 5.54 Å². The largest absolute Gasteiger partial charge is 0.373 e. The lowest BCUT2D eigenvalue weighted by atomic mass is 9.86. The number of rotatable bonds is 8. The van der Waals surface area contributed by atoms with E-state index in [0.717, 1.165) is 38.9 Å². The predicted octanol–water partition coefficient (Wildman–Crippen LogP) is 0.703. The van der Waals surface area contributed by atoms with Crippen LogP contribution in [-0.4, -0.2) is 42.9 Å². The van der Waals surface area contributed by atoms with Crippen molar-refractivity contribution >= 4 is 11.9 Å². The fourth-order valence-electron chi connectivity index (χ4n) is 2.74. The number of amides is 3. The van der Waals surface area contributed by atoms with Crippen molar-refractivity contribution in [2.24, 2.45) is 0 Å². The van der Waals surface area contributed by atoms with Gasteiger partial charge in [0.2, 0.25) is 0 Å². The van der Waals surface area contributed by atoms with Crippen LogP contribution in [0.25, 0.3) is 0 Å². The molecule has 0 radical (unpaired) electrons. The zero-order valence-corrected chi connectivity index (χ0v) is 10.9. The van der Waals surface area contributed by atoms with Crippen LogP contribution in [0.5, 0.6) is 0 Å². The second-order valence-corrected chi connectivity index (χ2v) is 5.69. The molecule has 2 atom stereocenters. The molecule has 0 saturated carbocycles. The zero-order chi connectivity index (χ0) is 13.3. The highest BCUT2D eigenvalue weighted by Crippen LogP contribution is 2.29. The molecule has 3 aliphatic heterocycles. The molecule has 6 heteroatoms. The Hall–Kier alpha value is -1.14. The lowest BCUT2D eigenvalue weighted by Gasteiger charge is -2.25. The maximum atomic E-state index is 12.0. The summed E-state index contributed by atoms with van der Waals surface area (Å²) in [5, 5.41) is 5.19. The Morgan fingerprint density at radius 1 is 1.05 bits per heavy atom. The molecule has 3 fully saturated rings. The first-order valence-corrected chi connectivity index (χ1v) is 7.05. The minimum atomic E-state index is -0.707. The van der Waals surface area contributed by atoms with Gasteiger partial charge in [0.15, 0.2) is 0 Å². The predicted molar refractivity (Wildman–Crippen MR) is 66.6 cm³/mol. The lowest BCUT2D eigenvalue weighted by Crippen LogP contribution is -2.46. The van der Waals surface area contributed by atoms with Crippen LogP contribution in [0, 0.1) is 0 Å². The second kappa shape index (κ2) is 5.09. The first-order valence-electron chi connectivity index (χ1n) is 7.05. The molecule has 0 spiro atoms. The molecule has 6 nitrogen and oxygen atoms in total. The van der Waals surface area contributed by atoms with Crippen LogP contribution < -0.4 is 10.6 Å². The van der Waals surface area contributed by atoms with Gasteiger partial charge in [-0.25, -0.2) is 4.79 Å². The minimum Gasteiger partial charge on any atom is -0.373 e. The summed E-state index contributed by atoms with van der Waals surface area (Å²) in [7, 11) is 0. The Balaban J connectivity index is 1.52. The van der Waals surface area contributed by atoms with Crippen molar-refractivity contribution < 1.29 is 19.1 Å². The lowest BCUT2D eigenvalue weighted by molar-refractivity contribution is -0.124. The van der Waals surface area contributed by atoms with Crippen LogP contribution in [0.15, 0.2) is 0 Å². The van der Waals surface area contributed by atoms with E-state index >= 15 is 0 Å². The zero-order valence-electron chi connectivity index (χ0n) is 10.9. The van der Waals surface area contributed by atoms with Crippen molar-refractivity contribution in [3.8, 4) is 0 Å². The van der Waals surface area contributed by atoms with Crippen molar-refractivity contribution in [1.82, 2.24) is 10.6 Å². The molecule has 3 aliphatic rings. The molecule has 0 aromatic heterocycles. The first-order chi connectivity index (χ1) is 9.18. The summed E-state index contributed by atoms with van der Waals surface area (Å²) < 4.78 is 10.3. The Morgan fingerprint density at radius 3 is 1.95 bits per heavy atom. The first kappa shape index (κ1) is 12.9. The Bertz CT molecular complexity index is 359. The molecule has 3 rings (SSSR count). The number of nitrogens with one attached hydrogen (secondary N) is 2. The average Bonchev–Trinajstić information content (AvgIpc) is 3.22. The summed E-state index contributed by atoms with van der Waals surface area (Å²) in [5.74, 6) is -0.175. The summed E-state index contributed by atoms with van der Waals surface area (Å²) >= 11 is 0. The molecule has 2 N–H and O–H groups in total.